The van der Waals surface area contributed by atoms with Gasteiger partial charge in [0.15, 0.2) is 0 Å². The second-order valence-corrected chi connectivity index (χ2v) is 8.57. The zero-order chi connectivity index (χ0) is 24.4. The number of rotatable bonds is 8. The molecule has 2 heterocycles. The third-order valence-electron chi connectivity index (χ3n) is 6.21. The van der Waals surface area contributed by atoms with Crippen molar-refractivity contribution in [1.82, 2.24) is 9.55 Å². The summed E-state index contributed by atoms with van der Waals surface area (Å²) in [5, 5.41) is 10.8. The summed E-state index contributed by atoms with van der Waals surface area (Å²) in [4.78, 5) is 19.1. The van der Waals surface area contributed by atoms with Crippen molar-refractivity contribution in [2.24, 2.45) is 0 Å². The van der Waals surface area contributed by atoms with Crippen molar-refractivity contribution >= 4 is 22.6 Å². The molecular formula is C27H26FN3O4. The third kappa shape index (κ3) is 4.70. The molecule has 35 heavy (non-hydrogen) atoms. The lowest BCUT2D eigenvalue weighted by atomic mass is 10.1. The molecule has 1 N–H and O–H groups in total. The molecule has 1 aliphatic rings. The van der Waals surface area contributed by atoms with Crippen LogP contribution in [0, 0.1) is 5.82 Å². The zero-order valence-corrected chi connectivity index (χ0v) is 19.3. The molecule has 1 aromatic heterocycles. The molecule has 0 spiro atoms. The molecule has 1 fully saturated rings. The number of carbonyl (C=O) groups is 1. The van der Waals surface area contributed by atoms with Gasteiger partial charge >= 0.3 is 0 Å². The molecule has 1 saturated heterocycles. The molecule has 4 aromatic rings. The molecule has 0 bridgehead atoms. The Kier molecular flexibility index (Phi) is 6.37. The van der Waals surface area contributed by atoms with E-state index in [0.717, 1.165) is 16.8 Å². The average molecular weight is 476 g/mol. The molecule has 0 radical (unpaired) electrons. The van der Waals surface area contributed by atoms with Gasteiger partial charge in [-0.1, -0.05) is 24.3 Å². The highest BCUT2D eigenvalue weighted by Crippen LogP contribution is 2.34. The summed E-state index contributed by atoms with van der Waals surface area (Å²) in [6, 6.07) is 21.1. The minimum Gasteiger partial charge on any atom is -0.497 e. The predicted molar refractivity (Wildman–Crippen MR) is 130 cm³/mol. The first-order valence-corrected chi connectivity index (χ1v) is 11.5. The standard InChI is InChI=1S/C27H26FN3O4/c1-34-20-10-12-21(13-11-20)35-17-19(32)16-31-25-9-5-3-7-23(25)29-27(31)18-14-26(33)30(15-18)24-8-4-2-6-22(24)28/h2-13,18-19,32H,14-17H2,1H3/t18-,19+/m1/s1. The van der Waals surface area contributed by atoms with Gasteiger partial charge in [0.05, 0.1) is 30.4 Å². The van der Waals surface area contributed by atoms with Gasteiger partial charge in [-0.3, -0.25) is 4.79 Å². The quantitative estimate of drug-likeness (QED) is 0.415. The number of methoxy groups -OCH3 is 1. The summed E-state index contributed by atoms with van der Waals surface area (Å²) in [6.45, 7) is 0.654. The Morgan fingerprint density at radius 2 is 1.77 bits per heavy atom. The number of hydrogen-bond acceptors (Lipinski definition) is 5. The Morgan fingerprint density at radius 1 is 1.06 bits per heavy atom. The molecule has 8 heteroatoms. The van der Waals surface area contributed by atoms with Crippen molar-refractivity contribution in [1.29, 1.82) is 0 Å². The van der Waals surface area contributed by atoms with Crippen molar-refractivity contribution in [2.45, 2.75) is 25.0 Å². The van der Waals surface area contributed by atoms with Crippen molar-refractivity contribution in [3.63, 3.8) is 0 Å². The van der Waals surface area contributed by atoms with Gasteiger partial charge in [0.2, 0.25) is 5.91 Å². The van der Waals surface area contributed by atoms with Crippen molar-refractivity contribution in [3.8, 4) is 11.5 Å². The van der Waals surface area contributed by atoms with E-state index in [4.69, 9.17) is 14.5 Å². The van der Waals surface area contributed by atoms with Gasteiger partial charge in [-0.2, -0.15) is 0 Å². The first kappa shape index (κ1) is 22.9. The van der Waals surface area contributed by atoms with Gasteiger partial charge in [0.1, 0.15) is 35.9 Å². The lowest BCUT2D eigenvalue weighted by Gasteiger charge is -2.19. The van der Waals surface area contributed by atoms with E-state index >= 15 is 0 Å². The summed E-state index contributed by atoms with van der Waals surface area (Å²) < 4.78 is 27.2. The van der Waals surface area contributed by atoms with Crippen LogP contribution < -0.4 is 14.4 Å². The minimum atomic E-state index is -0.812. The maximum Gasteiger partial charge on any atom is 0.227 e. The van der Waals surface area contributed by atoms with Crippen molar-refractivity contribution in [2.75, 3.05) is 25.2 Å². The number of benzene rings is 3. The molecule has 0 saturated carbocycles. The number of hydrogen-bond donors (Lipinski definition) is 1. The molecule has 0 aliphatic carbocycles. The first-order chi connectivity index (χ1) is 17.0. The maximum absolute atomic E-state index is 14.4. The fraction of sp³-hybridized carbons (Fsp3) is 0.259. The fourth-order valence-electron chi connectivity index (χ4n) is 4.51. The maximum atomic E-state index is 14.4. The molecule has 1 amide bonds. The van der Waals surface area contributed by atoms with E-state index in [1.54, 1.807) is 49.6 Å². The number of aromatic nitrogens is 2. The Hall–Kier alpha value is -3.91. The van der Waals surface area contributed by atoms with Crippen LogP contribution in [0.4, 0.5) is 10.1 Å². The Balaban J connectivity index is 1.36. The number of imidazole rings is 1. The highest BCUT2D eigenvalue weighted by atomic mass is 19.1. The van der Waals surface area contributed by atoms with E-state index in [1.807, 2.05) is 28.8 Å². The van der Waals surface area contributed by atoms with Crippen LogP contribution in [-0.4, -0.2) is 46.9 Å². The summed E-state index contributed by atoms with van der Waals surface area (Å²) in [6.07, 6.45) is -0.593. The highest BCUT2D eigenvalue weighted by Gasteiger charge is 2.36. The first-order valence-electron chi connectivity index (χ1n) is 11.5. The second-order valence-electron chi connectivity index (χ2n) is 8.57. The number of para-hydroxylation sites is 3. The second kappa shape index (κ2) is 9.76. The molecule has 180 valence electrons. The molecule has 5 rings (SSSR count). The number of ether oxygens (including phenoxy) is 2. The highest BCUT2D eigenvalue weighted by molar-refractivity contribution is 5.96. The van der Waals surface area contributed by atoms with Gasteiger partial charge in [-0.05, 0) is 48.5 Å². The molecule has 1 aliphatic heterocycles. The van der Waals surface area contributed by atoms with E-state index in [-0.39, 0.29) is 37.1 Å². The normalized spacial score (nSPS) is 16.6. The number of nitrogens with zero attached hydrogens (tertiary/aromatic N) is 3. The van der Waals surface area contributed by atoms with E-state index in [2.05, 4.69) is 0 Å². The van der Waals surface area contributed by atoms with E-state index in [0.29, 0.717) is 18.1 Å². The Bertz CT molecular complexity index is 1340. The summed E-state index contributed by atoms with van der Waals surface area (Å²) in [7, 11) is 1.60. The van der Waals surface area contributed by atoms with Crippen LogP contribution >= 0.6 is 0 Å². The van der Waals surface area contributed by atoms with Gasteiger partial charge in [0.25, 0.3) is 0 Å². The van der Waals surface area contributed by atoms with Gasteiger partial charge in [-0.25, -0.2) is 9.37 Å². The zero-order valence-electron chi connectivity index (χ0n) is 19.3. The fourth-order valence-corrected chi connectivity index (χ4v) is 4.51. The number of amides is 1. The molecular weight excluding hydrogens is 449 g/mol. The summed E-state index contributed by atoms with van der Waals surface area (Å²) in [5.74, 6) is 1.24. The third-order valence-corrected chi connectivity index (χ3v) is 6.21. The summed E-state index contributed by atoms with van der Waals surface area (Å²) >= 11 is 0. The van der Waals surface area contributed by atoms with Crippen LogP contribution in [0.25, 0.3) is 11.0 Å². The number of fused-ring (bicyclic) bond motifs is 1. The van der Waals surface area contributed by atoms with Gasteiger partial charge in [0, 0.05) is 18.9 Å². The van der Waals surface area contributed by atoms with E-state index in [1.165, 1.54) is 11.0 Å². The number of aliphatic hydroxyl groups is 1. The SMILES string of the molecule is COc1ccc(OC[C@@H](O)Cn2c([C@@H]3CC(=O)N(c4ccccc4F)C3)nc3ccccc32)cc1. The smallest absolute Gasteiger partial charge is 0.227 e. The monoisotopic (exact) mass is 475 g/mol. The van der Waals surface area contributed by atoms with E-state index in [9.17, 15) is 14.3 Å². The minimum absolute atomic E-state index is 0.0865. The Morgan fingerprint density at radius 3 is 2.54 bits per heavy atom. The van der Waals surface area contributed by atoms with Crippen LogP contribution in [0.15, 0.2) is 72.8 Å². The predicted octanol–water partition coefficient (Wildman–Crippen LogP) is 4.14. The van der Waals surface area contributed by atoms with Crippen LogP contribution in [0.2, 0.25) is 0 Å². The largest absolute Gasteiger partial charge is 0.497 e. The van der Waals surface area contributed by atoms with Crippen LogP contribution in [-0.2, 0) is 11.3 Å². The topological polar surface area (TPSA) is 76.8 Å². The molecule has 7 nitrogen and oxygen atoms in total. The lowest BCUT2D eigenvalue weighted by molar-refractivity contribution is -0.117. The van der Waals surface area contributed by atoms with E-state index < -0.39 is 11.9 Å². The molecule has 3 aromatic carbocycles. The summed E-state index contributed by atoms with van der Waals surface area (Å²) in [5.41, 5.74) is 1.92. The number of anilines is 1. The average Bonchev–Trinajstić information content (AvgIpc) is 3.44. The molecule has 0 unspecified atom stereocenters. The lowest BCUT2D eigenvalue weighted by Crippen LogP contribution is -2.27. The van der Waals surface area contributed by atoms with Crippen LogP contribution in [0.5, 0.6) is 11.5 Å². The van der Waals surface area contributed by atoms with Crippen molar-refractivity contribution in [3.05, 3.63) is 84.4 Å². The number of halogens is 1. The number of aliphatic hydroxyl groups excluding tert-OH is 1. The number of carbonyl (C=O) groups excluding carboxylic acids is 1. The van der Waals surface area contributed by atoms with Gasteiger partial charge < -0.3 is 24.0 Å². The molecule has 2 atom stereocenters. The van der Waals surface area contributed by atoms with Crippen molar-refractivity contribution < 1.29 is 23.8 Å². The van der Waals surface area contributed by atoms with Gasteiger partial charge in [-0.15, -0.1) is 0 Å². The van der Waals surface area contributed by atoms with Crippen LogP contribution in [0.1, 0.15) is 18.2 Å². The Labute approximate surface area is 202 Å². The van der Waals surface area contributed by atoms with Crippen LogP contribution in [0.3, 0.4) is 0 Å².